The van der Waals surface area contributed by atoms with Crippen LogP contribution >= 0.6 is 35.7 Å². The fourth-order valence-electron chi connectivity index (χ4n) is 4.65. The predicted octanol–water partition coefficient (Wildman–Crippen LogP) is 2.63. The Labute approximate surface area is 199 Å². The molecule has 0 aromatic rings. The van der Waals surface area contributed by atoms with Crippen molar-refractivity contribution in [2.45, 2.75) is 57.5 Å². The van der Waals surface area contributed by atoms with E-state index in [9.17, 15) is 0 Å². The molecule has 0 aliphatic carbocycles. The Morgan fingerprint density at radius 1 is 1.21 bits per heavy atom. The summed E-state index contributed by atoms with van der Waals surface area (Å²) in [6.45, 7) is 13.6. The molecular weight excluding hydrogens is 497 g/mol. The molecule has 3 saturated heterocycles. The second kappa shape index (κ2) is 13.6. The number of rotatable bonds is 8. The summed E-state index contributed by atoms with van der Waals surface area (Å²) in [5.41, 5.74) is 0.222. The van der Waals surface area contributed by atoms with Crippen LogP contribution in [0.15, 0.2) is 4.99 Å². The number of aliphatic imine (C=N–C) groups is 1. The third kappa shape index (κ3) is 7.70. The van der Waals surface area contributed by atoms with Gasteiger partial charge in [0.1, 0.15) is 0 Å². The van der Waals surface area contributed by atoms with Crippen molar-refractivity contribution in [3.05, 3.63) is 0 Å². The molecule has 0 radical (unpaired) electrons. The van der Waals surface area contributed by atoms with Crippen molar-refractivity contribution in [2.24, 2.45) is 4.99 Å². The molecule has 3 heterocycles. The van der Waals surface area contributed by atoms with Crippen molar-refractivity contribution in [1.29, 1.82) is 0 Å². The summed E-state index contributed by atoms with van der Waals surface area (Å²) in [5, 5.41) is 7.03. The van der Waals surface area contributed by atoms with E-state index in [-0.39, 0.29) is 29.5 Å². The molecule has 2 N–H and O–H groups in total. The zero-order valence-electron chi connectivity index (χ0n) is 18.5. The van der Waals surface area contributed by atoms with Crippen LogP contribution in [0.2, 0.25) is 0 Å². The summed E-state index contributed by atoms with van der Waals surface area (Å²) in [6.07, 6.45) is 6.55. The quantitative estimate of drug-likeness (QED) is 0.214. The number of hydrogen-bond acceptors (Lipinski definition) is 5. The third-order valence-electron chi connectivity index (χ3n) is 6.50. The summed E-state index contributed by atoms with van der Waals surface area (Å²) in [4.78, 5) is 10.3. The van der Waals surface area contributed by atoms with Crippen LogP contribution in [0.5, 0.6) is 0 Å². The number of hydrogen-bond donors (Lipinski definition) is 2. The molecule has 170 valence electrons. The van der Waals surface area contributed by atoms with Gasteiger partial charge in [-0.05, 0) is 51.8 Å². The Morgan fingerprint density at radius 3 is 2.72 bits per heavy atom. The second-order valence-electron chi connectivity index (χ2n) is 8.48. The molecule has 0 aromatic heterocycles. The Hall–Kier alpha value is 0.230. The van der Waals surface area contributed by atoms with E-state index in [0.717, 1.165) is 57.9 Å². The molecule has 3 rings (SSSR count). The van der Waals surface area contributed by atoms with Gasteiger partial charge in [-0.25, -0.2) is 0 Å². The minimum atomic E-state index is 0. The number of halogens is 1. The lowest BCUT2D eigenvalue weighted by atomic mass is 9.96. The zero-order chi connectivity index (χ0) is 19.7. The highest BCUT2D eigenvalue weighted by molar-refractivity contribution is 14.0. The normalized spacial score (nSPS) is 29.4. The van der Waals surface area contributed by atoms with Crippen molar-refractivity contribution >= 4 is 41.7 Å². The Morgan fingerprint density at radius 2 is 2.03 bits per heavy atom. The largest absolute Gasteiger partial charge is 0.379 e. The van der Waals surface area contributed by atoms with Crippen LogP contribution in [0, 0.1) is 0 Å². The topological polar surface area (TPSA) is 52.1 Å². The molecule has 2 atom stereocenters. The average Bonchev–Trinajstić information content (AvgIpc) is 3.21. The molecule has 3 aliphatic heterocycles. The first kappa shape index (κ1) is 25.5. The highest BCUT2D eigenvalue weighted by atomic mass is 127. The van der Waals surface area contributed by atoms with E-state index in [0.29, 0.717) is 0 Å². The highest BCUT2D eigenvalue weighted by Gasteiger charge is 2.40. The van der Waals surface area contributed by atoms with E-state index < -0.39 is 0 Å². The summed E-state index contributed by atoms with van der Waals surface area (Å²) >= 11 is 2.08. The second-order valence-corrected chi connectivity index (χ2v) is 9.59. The maximum Gasteiger partial charge on any atom is 0.191 e. The lowest BCUT2D eigenvalue weighted by Crippen LogP contribution is -2.56. The standard InChI is InChI=1S/C21H41N5OS.HI/c1-3-22-20(23-9-6-11-25-10-5-4-7-19(25)2)24-17-21(8-16-28-18-21)26-12-14-27-15-13-26;/h19H,3-18H2,1-2H3,(H2,22,23,24);1H. The molecule has 0 amide bonds. The predicted molar refractivity (Wildman–Crippen MR) is 136 cm³/mol. The summed E-state index contributed by atoms with van der Waals surface area (Å²) < 4.78 is 5.58. The minimum Gasteiger partial charge on any atom is -0.379 e. The van der Waals surface area contributed by atoms with E-state index >= 15 is 0 Å². The molecule has 2 unspecified atom stereocenters. The minimum absolute atomic E-state index is 0. The van der Waals surface area contributed by atoms with Crippen molar-refractivity contribution in [2.75, 3.05) is 70.5 Å². The molecule has 29 heavy (non-hydrogen) atoms. The van der Waals surface area contributed by atoms with Crippen LogP contribution in [-0.4, -0.2) is 97.9 Å². The molecule has 3 aliphatic rings. The van der Waals surface area contributed by atoms with Gasteiger partial charge in [0.05, 0.1) is 25.3 Å². The third-order valence-corrected chi connectivity index (χ3v) is 7.73. The van der Waals surface area contributed by atoms with E-state index in [2.05, 4.69) is 46.0 Å². The van der Waals surface area contributed by atoms with Crippen molar-refractivity contribution in [3.63, 3.8) is 0 Å². The number of nitrogens with zero attached hydrogens (tertiary/aromatic N) is 3. The van der Waals surface area contributed by atoms with Crippen molar-refractivity contribution < 1.29 is 4.74 Å². The van der Waals surface area contributed by atoms with E-state index in [1.54, 1.807) is 0 Å². The number of likely N-dealkylation sites (tertiary alicyclic amines) is 1. The van der Waals surface area contributed by atoms with Gasteiger partial charge in [0, 0.05) is 44.5 Å². The van der Waals surface area contributed by atoms with E-state index in [4.69, 9.17) is 9.73 Å². The smallest absolute Gasteiger partial charge is 0.191 e. The Balaban J connectivity index is 0.00000300. The maximum atomic E-state index is 5.58. The van der Waals surface area contributed by atoms with Gasteiger partial charge in [-0.3, -0.25) is 9.89 Å². The van der Waals surface area contributed by atoms with Crippen molar-refractivity contribution in [3.8, 4) is 0 Å². The molecule has 0 spiro atoms. The number of nitrogens with one attached hydrogen (secondary N) is 2. The van der Waals surface area contributed by atoms with Crippen molar-refractivity contribution in [1.82, 2.24) is 20.4 Å². The first-order valence-corrected chi connectivity index (χ1v) is 12.6. The van der Waals surface area contributed by atoms with Crippen LogP contribution in [0.25, 0.3) is 0 Å². The number of morpholine rings is 1. The first-order chi connectivity index (χ1) is 13.7. The van der Waals surface area contributed by atoms with Gasteiger partial charge < -0.3 is 20.3 Å². The fourth-order valence-corrected chi connectivity index (χ4v) is 6.12. The maximum absolute atomic E-state index is 5.58. The summed E-state index contributed by atoms with van der Waals surface area (Å²) in [7, 11) is 0. The number of thioether (sulfide) groups is 1. The van der Waals surface area contributed by atoms with Gasteiger partial charge in [-0.15, -0.1) is 24.0 Å². The van der Waals surface area contributed by atoms with E-state index in [1.807, 2.05) is 0 Å². The van der Waals surface area contributed by atoms with Gasteiger partial charge in [-0.2, -0.15) is 11.8 Å². The fraction of sp³-hybridized carbons (Fsp3) is 0.952. The Kier molecular flexibility index (Phi) is 12.0. The van der Waals surface area contributed by atoms with Crippen LogP contribution in [0.3, 0.4) is 0 Å². The van der Waals surface area contributed by atoms with Crippen LogP contribution < -0.4 is 10.6 Å². The number of piperidine rings is 1. The van der Waals surface area contributed by atoms with Gasteiger partial charge in [-0.1, -0.05) is 6.42 Å². The number of ether oxygens (including phenoxy) is 1. The van der Waals surface area contributed by atoms with Crippen LogP contribution in [0.1, 0.15) is 46.0 Å². The highest BCUT2D eigenvalue weighted by Crippen LogP contribution is 2.34. The zero-order valence-corrected chi connectivity index (χ0v) is 21.6. The molecule has 8 heteroatoms. The molecule has 0 saturated carbocycles. The average molecular weight is 540 g/mol. The lowest BCUT2D eigenvalue weighted by molar-refractivity contribution is -0.0104. The SMILES string of the molecule is CCNC(=NCC1(N2CCOCC2)CCSC1)NCCCN1CCCCC1C.I. The molecule has 6 nitrogen and oxygen atoms in total. The summed E-state index contributed by atoms with van der Waals surface area (Å²) in [5.74, 6) is 3.44. The van der Waals surface area contributed by atoms with Gasteiger partial charge in [0.2, 0.25) is 0 Å². The van der Waals surface area contributed by atoms with Gasteiger partial charge >= 0.3 is 0 Å². The molecule has 0 aromatic carbocycles. The first-order valence-electron chi connectivity index (χ1n) is 11.4. The molecular formula is C21H42IN5OS. The van der Waals surface area contributed by atoms with E-state index in [1.165, 1.54) is 56.7 Å². The van der Waals surface area contributed by atoms with Gasteiger partial charge in [0.25, 0.3) is 0 Å². The van der Waals surface area contributed by atoms with Crippen LogP contribution in [0.4, 0.5) is 0 Å². The Bertz CT molecular complexity index is 484. The molecule has 0 bridgehead atoms. The molecule has 3 fully saturated rings. The van der Waals surface area contributed by atoms with Gasteiger partial charge in [0.15, 0.2) is 5.96 Å². The number of guanidine groups is 1. The lowest BCUT2D eigenvalue weighted by Gasteiger charge is -2.42. The monoisotopic (exact) mass is 539 g/mol. The summed E-state index contributed by atoms with van der Waals surface area (Å²) in [6, 6.07) is 0.754. The van der Waals surface area contributed by atoms with Crippen LogP contribution in [-0.2, 0) is 4.74 Å².